The second-order valence-electron chi connectivity index (χ2n) is 4.61. The van der Waals surface area contributed by atoms with Gasteiger partial charge in [-0.2, -0.15) is 0 Å². The highest BCUT2D eigenvalue weighted by Gasteiger charge is 2.21. The third-order valence-electron chi connectivity index (χ3n) is 2.95. The van der Waals surface area contributed by atoms with Crippen LogP contribution in [0.3, 0.4) is 0 Å². The molecule has 1 fully saturated rings. The van der Waals surface area contributed by atoms with E-state index in [4.69, 9.17) is 4.42 Å². The van der Waals surface area contributed by atoms with Gasteiger partial charge in [-0.1, -0.05) is 6.42 Å². The lowest BCUT2D eigenvalue weighted by atomic mass is 10.1. The molecule has 18 heavy (non-hydrogen) atoms. The van der Waals surface area contributed by atoms with Crippen LogP contribution in [0.15, 0.2) is 10.6 Å². The summed E-state index contributed by atoms with van der Waals surface area (Å²) in [5.74, 6) is 1.19. The molecule has 0 spiro atoms. The number of rotatable bonds is 5. The number of sulfonamides is 1. The summed E-state index contributed by atoms with van der Waals surface area (Å²) in [6.45, 7) is 2.79. The minimum Gasteiger partial charge on any atom is -0.445 e. The molecule has 1 atom stereocenters. The van der Waals surface area contributed by atoms with E-state index in [1.165, 1.54) is 0 Å². The quantitative estimate of drug-likeness (QED) is 0.818. The molecule has 2 N–H and O–H groups in total. The number of oxazole rings is 1. The Morgan fingerprint density at radius 2 is 2.39 bits per heavy atom. The van der Waals surface area contributed by atoms with Crippen molar-refractivity contribution >= 4 is 10.0 Å². The fourth-order valence-corrected chi connectivity index (χ4v) is 3.32. The summed E-state index contributed by atoms with van der Waals surface area (Å²) in [5, 5.41) is 3.22. The molecule has 1 aliphatic rings. The van der Waals surface area contributed by atoms with Gasteiger partial charge in [0.15, 0.2) is 0 Å². The molecular formula is C11H19N3O3S. The van der Waals surface area contributed by atoms with Crippen molar-refractivity contribution in [3.8, 4) is 0 Å². The first kappa shape index (κ1) is 13.5. The van der Waals surface area contributed by atoms with Crippen LogP contribution >= 0.6 is 0 Å². The fraction of sp³-hybridized carbons (Fsp3) is 0.727. The topological polar surface area (TPSA) is 84.2 Å². The lowest BCUT2D eigenvalue weighted by Gasteiger charge is -2.23. The Bertz CT molecular complexity index is 477. The van der Waals surface area contributed by atoms with Crippen LogP contribution in [0.1, 0.15) is 30.9 Å². The van der Waals surface area contributed by atoms with E-state index in [1.807, 2.05) is 0 Å². The van der Waals surface area contributed by atoms with E-state index >= 15 is 0 Å². The van der Waals surface area contributed by atoms with E-state index in [9.17, 15) is 8.42 Å². The lowest BCUT2D eigenvalue weighted by Crippen LogP contribution is -2.42. The molecule has 6 nitrogen and oxygen atoms in total. The van der Waals surface area contributed by atoms with Crippen molar-refractivity contribution in [1.29, 1.82) is 0 Å². The SMILES string of the molecule is Cc1cnc(CNS(=O)(=O)CC2CCCCN2)o1. The van der Waals surface area contributed by atoms with Gasteiger partial charge in [0.25, 0.3) is 0 Å². The van der Waals surface area contributed by atoms with Gasteiger partial charge in [-0.15, -0.1) is 0 Å². The summed E-state index contributed by atoms with van der Waals surface area (Å²) in [6.07, 6.45) is 4.71. The average molecular weight is 273 g/mol. The van der Waals surface area contributed by atoms with Gasteiger partial charge < -0.3 is 9.73 Å². The van der Waals surface area contributed by atoms with Crippen molar-refractivity contribution in [3.63, 3.8) is 0 Å². The highest BCUT2D eigenvalue weighted by atomic mass is 32.2. The van der Waals surface area contributed by atoms with Crippen LogP contribution in [0.5, 0.6) is 0 Å². The molecule has 1 unspecified atom stereocenters. The summed E-state index contributed by atoms with van der Waals surface area (Å²) in [6, 6.07) is 0.0579. The van der Waals surface area contributed by atoms with Crippen molar-refractivity contribution in [2.75, 3.05) is 12.3 Å². The van der Waals surface area contributed by atoms with Gasteiger partial charge in [0.2, 0.25) is 15.9 Å². The Kier molecular flexibility index (Phi) is 4.36. The summed E-state index contributed by atoms with van der Waals surface area (Å²) >= 11 is 0. The molecule has 2 rings (SSSR count). The van der Waals surface area contributed by atoms with Crippen LogP contribution in [0, 0.1) is 6.92 Å². The second kappa shape index (κ2) is 5.81. The number of piperidine rings is 1. The van der Waals surface area contributed by atoms with Crippen LogP contribution in [0.25, 0.3) is 0 Å². The van der Waals surface area contributed by atoms with Gasteiger partial charge in [-0.05, 0) is 26.3 Å². The van der Waals surface area contributed by atoms with Gasteiger partial charge in [-0.25, -0.2) is 18.1 Å². The first-order valence-corrected chi connectivity index (χ1v) is 7.82. The van der Waals surface area contributed by atoms with Crippen LogP contribution < -0.4 is 10.0 Å². The number of aryl methyl sites for hydroxylation is 1. The molecule has 1 aromatic rings. The predicted octanol–water partition coefficient (Wildman–Crippen LogP) is 0.545. The monoisotopic (exact) mass is 273 g/mol. The smallest absolute Gasteiger partial charge is 0.213 e. The molecule has 1 aliphatic heterocycles. The first-order chi connectivity index (χ1) is 8.55. The molecule has 2 heterocycles. The molecule has 1 saturated heterocycles. The summed E-state index contributed by atoms with van der Waals surface area (Å²) < 4.78 is 31.4. The Hall–Kier alpha value is -0.920. The summed E-state index contributed by atoms with van der Waals surface area (Å²) in [7, 11) is -3.28. The number of nitrogens with zero attached hydrogens (tertiary/aromatic N) is 1. The second-order valence-corrected chi connectivity index (χ2v) is 6.47. The van der Waals surface area contributed by atoms with Crippen LogP contribution in [-0.2, 0) is 16.6 Å². The largest absolute Gasteiger partial charge is 0.445 e. The molecule has 0 saturated carbocycles. The molecule has 0 aromatic carbocycles. The van der Waals surface area contributed by atoms with E-state index in [2.05, 4.69) is 15.0 Å². The van der Waals surface area contributed by atoms with Gasteiger partial charge >= 0.3 is 0 Å². The number of nitrogens with one attached hydrogen (secondary N) is 2. The Morgan fingerprint density at radius 1 is 1.56 bits per heavy atom. The van der Waals surface area contributed by atoms with E-state index in [-0.39, 0.29) is 18.3 Å². The number of hydrogen-bond acceptors (Lipinski definition) is 5. The Balaban J connectivity index is 1.83. The van der Waals surface area contributed by atoms with E-state index < -0.39 is 10.0 Å². The maximum absolute atomic E-state index is 11.9. The van der Waals surface area contributed by atoms with Crippen molar-refractivity contribution in [1.82, 2.24) is 15.0 Å². The number of aromatic nitrogens is 1. The third-order valence-corrected chi connectivity index (χ3v) is 4.37. The van der Waals surface area contributed by atoms with Crippen molar-refractivity contribution in [3.05, 3.63) is 17.8 Å². The van der Waals surface area contributed by atoms with E-state index in [1.54, 1.807) is 13.1 Å². The zero-order chi connectivity index (χ0) is 13.0. The summed E-state index contributed by atoms with van der Waals surface area (Å²) in [5.41, 5.74) is 0. The average Bonchev–Trinajstić information content (AvgIpc) is 2.74. The normalized spacial score (nSPS) is 21.1. The highest BCUT2D eigenvalue weighted by molar-refractivity contribution is 7.89. The molecular weight excluding hydrogens is 254 g/mol. The molecule has 0 aliphatic carbocycles. The first-order valence-electron chi connectivity index (χ1n) is 6.17. The van der Waals surface area contributed by atoms with Gasteiger partial charge in [0, 0.05) is 6.04 Å². The van der Waals surface area contributed by atoms with E-state index in [0.29, 0.717) is 11.7 Å². The zero-order valence-electron chi connectivity index (χ0n) is 10.5. The van der Waals surface area contributed by atoms with Crippen molar-refractivity contribution in [2.24, 2.45) is 0 Å². The molecule has 0 bridgehead atoms. The molecule has 0 radical (unpaired) electrons. The van der Waals surface area contributed by atoms with Crippen LogP contribution in [0.4, 0.5) is 0 Å². The molecule has 7 heteroatoms. The predicted molar refractivity (Wildman–Crippen MR) is 67.5 cm³/mol. The maximum atomic E-state index is 11.9. The van der Waals surface area contributed by atoms with Crippen molar-refractivity contribution < 1.29 is 12.8 Å². The van der Waals surface area contributed by atoms with Crippen molar-refractivity contribution in [2.45, 2.75) is 38.8 Å². The van der Waals surface area contributed by atoms with Crippen LogP contribution in [0.2, 0.25) is 0 Å². The number of hydrogen-bond donors (Lipinski definition) is 2. The van der Waals surface area contributed by atoms with Gasteiger partial charge in [0.1, 0.15) is 5.76 Å². The minimum absolute atomic E-state index is 0.0579. The highest BCUT2D eigenvalue weighted by Crippen LogP contribution is 2.09. The van der Waals surface area contributed by atoms with Gasteiger partial charge in [0.05, 0.1) is 18.5 Å². The Labute approximate surface area is 107 Å². The summed E-state index contributed by atoms with van der Waals surface area (Å²) in [4.78, 5) is 3.96. The third kappa shape index (κ3) is 4.08. The van der Waals surface area contributed by atoms with Crippen LogP contribution in [-0.4, -0.2) is 31.7 Å². The molecule has 102 valence electrons. The minimum atomic E-state index is -3.28. The standard InChI is InChI=1S/C11H19N3O3S/c1-9-6-13-11(17-9)7-14-18(15,16)8-10-4-2-3-5-12-10/h6,10,12,14H,2-5,7-8H2,1H3. The lowest BCUT2D eigenvalue weighted by molar-refractivity contribution is 0.420. The fourth-order valence-electron chi connectivity index (χ4n) is 2.04. The molecule has 0 amide bonds. The zero-order valence-corrected chi connectivity index (χ0v) is 11.3. The maximum Gasteiger partial charge on any atom is 0.213 e. The van der Waals surface area contributed by atoms with Gasteiger partial charge in [-0.3, -0.25) is 0 Å². The molecule has 1 aromatic heterocycles. The van der Waals surface area contributed by atoms with E-state index in [0.717, 1.165) is 25.8 Å². The Morgan fingerprint density at radius 3 is 3.00 bits per heavy atom.